The van der Waals surface area contributed by atoms with Crippen molar-refractivity contribution >= 4 is 12.3 Å². The molecule has 1 atom stereocenters. The number of methoxy groups -OCH3 is 1. The summed E-state index contributed by atoms with van der Waals surface area (Å²) in [5.41, 5.74) is 1.48. The maximum Gasteiger partial charge on any atom is 0.305 e. The molecule has 0 saturated heterocycles. The minimum atomic E-state index is -0.147. The summed E-state index contributed by atoms with van der Waals surface area (Å²) in [6.07, 6.45) is 7.10. The zero-order valence-electron chi connectivity index (χ0n) is 11.0. The van der Waals surface area contributed by atoms with E-state index in [2.05, 4.69) is 24.7 Å². The van der Waals surface area contributed by atoms with E-state index in [9.17, 15) is 9.59 Å². The molecule has 3 nitrogen and oxygen atoms in total. The van der Waals surface area contributed by atoms with Gasteiger partial charge in [0.15, 0.2) is 0 Å². The molecule has 96 valence electrons. The third-order valence-electron chi connectivity index (χ3n) is 3.93. The van der Waals surface area contributed by atoms with Gasteiger partial charge < -0.3 is 9.53 Å². The van der Waals surface area contributed by atoms with Crippen molar-refractivity contribution in [1.82, 2.24) is 0 Å². The number of aldehydes is 1. The Bertz CT molecular complexity index is 315. The van der Waals surface area contributed by atoms with Gasteiger partial charge in [-0.1, -0.05) is 25.5 Å². The lowest BCUT2D eigenvalue weighted by Gasteiger charge is -2.30. The predicted octanol–water partition coefficient (Wildman–Crippen LogP) is 2.89. The van der Waals surface area contributed by atoms with Gasteiger partial charge in [0.05, 0.1) is 7.11 Å². The van der Waals surface area contributed by atoms with Crippen LogP contribution in [-0.4, -0.2) is 19.4 Å². The van der Waals surface area contributed by atoms with Crippen LogP contribution in [0.2, 0.25) is 0 Å². The summed E-state index contributed by atoms with van der Waals surface area (Å²) >= 11 is 0. The number of hydrogen-bond acceptors (Lipinski definition) is 3. The predicted molar refractivity (Wildman–Crippen MR) is 66.5 cm³/mol. The standard InChI is InChI=1S/C14H22O3/c1-14(2)11(5-4-6-13(16)17-3)7-8-12(14)9-10-15/h7,10,12H,4-6,8-9H2,1-3H3/t12-/m1/s1. The number of allylic oxidation sites excluding steroid dienone is 2. The number of carbonyl (C=O) groups excluding carboxylic acids is 2. The van der Waals surface area contributed by atoms with E-state index < -0.39 is 0 Å². The first-order valence-corrected chi connectivity index (χ1v) is 6.22. The second-order valence-corrected chi connectivity index (χ2v) is 5.22. The van der Waals surface area contributed by atoms with E-state index in [1.165, 1.54) is 12.7 Å². The smallest absolute Gasteiger partial charge is 0.305 e. The molecule has 0 unspecified atom stereocenters. The van der Waals surface area contributed by atoms with Crippen LogP contribution in [-0.2, 0) is 14.3 Å². The Balaban J connectivity index is 2.45. The van der Waals surface area contributed by atoms with Gasteiger partial charge in [-0.15, -0.1) is 0 Å². The van der Waals surface area contributed by atoms with Crippen LogP contribution < -0.4 is 0 Å². The van der Waals surface area contributed by atoms with Crippen molar-refractivity contribution in [3.8, 4) is 0 Å². The number of ether oxygens (including phenoxy) is 1. The largest absolute Gasteiger partial charge is 0.469 e. The number of hydrogen-bond donors (Lipinski definition) is 0. The second kappa shape index (κ2) is 5.99. The van der Waals surface area contributed by atoms with E-state index >= 15 is 0 Å². The van der Waals surface area contributed by atoms with Crippen LogP contribution >= 0.6 is 0 Å². The first-order valence-electron chi connectivity index (χ1n) is 6.22. The average Bonchev–Trinajstić information content (AvgIpc) is 2.56. The molecule has 0 aliphatic heterocycles. The topological polar surface area (TPSA) is 43.4 Å². The fourth-order valence-electron chi connectivity index (χ4n) is 2.56. The summed E-state index contributed by atoms with van der Waals surface area (Å²) in [6, 6.07) is 0. The molecule has 0 amide bonds. The zero-order chi connectivity index (χ0) is 12.9. The molecule has 0 bridgehead atoms. The van der Waals surface area contributed by atoms with Crippen LogP contribution in [0.25, 0.3) is 0 Å². The summed E-state index contributed by atoms with van der Waals surface area (Å²) in [5, 5.41) is 0. The molecular formula is C14H22O3. The molecule has 1 aliphatic carbocycles. The Labute approximate surface area is 103 Å². The molecule has 0 N–H and O–H groups in total. The number of carbonyl (C=O) groups is 2. The Hall–Kier alpha value is -1.12. The lowest BCUT2D eigenvalue weighted by Crippen LogP contribution is -2.22. The summed E-state index contributed by atoms with van der Waals surface area (Å²) in [4.78, 5) is 21.6. The van der Waals surface area contributed by atoms with Gasteiger partial charge in [0.1, 0.15) is 6.29 Å². The first-order chi connectivity index (χ1) is 8.02. The SMILES string of the molecule is COC(=O)CCCC1=CC[C@H](CC=O)C1(C)C. The summed E-state index contributed by atoms with van der Waals surface area (Å²) in [6.45, 7) is 4.39. The second-order valence-electron chi connectivity index (χ2n) is 5.22. The third kappa shape index (κ3) is 3.42. The molecule has 1 aliphatic rings. The molecule has 0 saturated carbocycles. The fraction of sp³-hybridized carbons (Fsp3) is 0.714. The van der Waals surface area contributed by atoms with Crippen LogP contribution in [0.5, 0.6) is 0 Å². The Morgan fingerprint density at radius 2 is 2.29 bits per heavy atom. The molecule has 0 aromatic rings. The van der Waals surface area contributed by atoms with Crippen LogP contribution in [0.4, 0.5) is 0 Å². The van der Waals surface area contributed by atoms with Gasteiger partial charge in [-0.3, -0.25) is 4.79 Å². The normalized spacial score (nSPS) is 22.1. The quantitative estimate of drug-likeness (QED) is 0.406. The highest BCUT2D eigenvalue weighted by Crippen LogP contribution is 2.46. The molecule has 17 heavy (non-hydrogen) atoms. The monoisotopic (exact) mass is 238 g/mol. The fourth-order valence-corrected chi connectivity index (χ4v) is 2.56. The molecule has 0 spiro atoms. The van der Waals surface area contributed by atoms with Gasteiger partial charge in [-0.25, -0.2) is 0 Å². The van der Waals surface area contributed by atoms with Gasteiger partial charge in [-0.2, -0.15) is 0 Å². The Morgan fingerprint density at radius 3 is 2.88 bits per heavy atom. The van der Waals surface area contributed by atoms with Gasteiger partial charge in [0.25, 0.3) is 0 Å². The van der Waals surface area contributed by atoms with Crippen molar-refractivity contribution in [3.05, 3.63) is 11.6 Å². The summed E-state index contributed by atoms with van der Waals surface area (Å²) < 4.78 is 4.62. The molecule has 1 rings (SSSR count). The van der Waals surface area contributed by atoms with Crippen molar-refractivity contribution in [3.63, 3.8) is 0 Å². The first kappa shape index (κ1) is 13.9. The minimum absolute atomic E-state index is 0.0943. The maximum absolute atomic E-state index is 11.0. The molecule has 0 heterocycles. The van der Waals surface area contributed by atoms with Crippen molar-refractivity contribution in [2.24, 2.45) is 11.3 Å². The van der Waals surface area contributed by atoms with Crippen LogP contribution in [0.3, 0.4) is 0 Å². The highest BCUT2D eigenvalue weighted by molar-refractivity contribution is 5.69. The highest BCUT2D eigenvalue weighted by Gasteiger charge is 2.36. The van der Waals surface area contributed by atoms with E-state index in [4.69, 9.17) is 0 Å². The van der Waals surface area contributed by atoms with Crippen LogP contribution in [0.15, 0.2) is 11.6 Å². The maximum atomic E-state index is 11.0. The minimum Gasteiger partial charge on any atom is -0.469 e. The lowest BCUT2D eigenvalue weighted by atomic mass is 9.74. The lowest BCUT2D eigenvalue weighted by molar-refractivity contribution is -0.140. The van der Waals surface area contributed by atoms with Crippen molar-refractivity contribution in [2.45, 2.75) is 46.0 Å². The molecule has 0 radical (unpaired) electrons. The van der Waals surface area contributed by atoms with E-state index in [0.29, 0.717) is 18.8 Å². The molecular weight excluding hydrogens is 216 g/mol. The van der Waals surface area contributed by atoms with Gasteiger partial charge >= 0.3 is 5.97 Å². The number of esters is 1. The van der Waals surface area contributed by atoms with E-state index in [1.54, 1.807) is 0 Å². The highest BCUT2D eigenvalue weighted by atomic mass is 16.5. The van der Waals surface area contributed by atoms with E-state index in [-0.39, 0.29) is 11.4 Å². The third-order valence-corrected chi connectivity index (χ3v) is 3.93. The summed E-state index contributed by atoms with van der Waals surface area (Å²) in [7, 11) is 1.42. The van der Waals surface area contributed by atoms with Crippen LogP contribution in [0.1, 0.15) is 46.0 Å². The van der Waals surface area contributed by atoms with E-state index in [0.717, 1.165) is 25.5 Å². The van der Waals surface area contributed by atoms with Gasteiger partial charge in [0, 0.05) is 12.8 Å². The summed E-state index contributed by atoms with van der Waals surface area (Å²) in [5.74, 6) is 0.277. The van der Waals surface area contributed by atoms with Gasteiger partial charge in [0.2, 0.25) is 0 Å². The number of rotatable bonds is 6. The van der Waals surface area contributed by atoms with E-state index in [1.807, 2.05) is 0 Å². The Kier molecular flexibility index (Phi) is 4.91. The Morgan fingerprint density at radius 1 is 1.59 bits per heavy atom. The van der Waals surface area contributed by atoms with Crippen molar-refractivity contribution < 1.29 is 14.3 Å². The van der Waals surface area contributed by atoms with Crippen molar-refractivity contribution in [2.75, 3.05) is 7.11 Å². The zero-order valence-corrected chi connectivity index (χ0v) is 11.0. The molecule has 0 aromatic heterocycles. The molecule has 0 fully saturated rings. The van der Waals surface area contributed by atoms with Crippen molar-refractivity contribution in [1.29, 1.82) is 0 Å². The average molecular weight is 238 g/mol. The molecule has 0 aromatic carbocycles. The molecule has 3 heteroatoms. The van der Waals surface area contributed by atoms with Crippen LogP contribution in [0, 0.1) is 11.3 Å². The van der Waals surface area contributed by atoms with Gasteiger partial charge in [-0.05, 0) is 30.6 Å².